The van der Waals surface area contributed by atoms with Gasteiger partial charge in [0, 0.05) is 0 Å². The van der Waals surface area contributed by atoms with E-state index in [-0.39, 0.29) is 22.0 Å². The normalized spacial score (nSPS) is 14.3. The minimum atomic E-state index is -3.65. The Kier molecular flexibility index (Phi) is 12.5. The molecular weight excluding hydrogens is 512 g/mol. The second-order valence-corrected chi connectivity index (χ2v) is 14.4. The second-order valence-electron chi connectivity index (χ2n) is 10.2. The fourth-order valence-electron chi connectivity index (χ4n) is 4.06. The monoisotopic (exact) mass is 554 g/mol. The van der Waals surface area contributed by atoms with Crippen molar-refractivity contribution in [1.82, 2.24) is 0 Å². The van der Waals surface area contributed by atoms with Crippen molar-refractivity contribution in [3.63, 3.8) is 0 Å². The summed E-state index contributed by atoms with van der Waals surface area (Å²) in [5.74, 6) is -0.166. The molecule has 0 N–H and O–H groups in total. The summed E-state index contributed by atoms with van der Waals surface area (Å²) in [6, 6.07) is 16.8. The molecule has 0 saturated heterocycles. The smallest absolute Gasteiger partial charge is 0.185 e. The fourth-order valence-corrected chi connectivity index (χ4v) is 7.11. The molecule has 0 saturated carbocycles. The molecule has 0 aliphatic rings. The number of hydrogen-bond donors (Lipinski definition) is 0. The van der Waals surface area contributed by atoms with Crippen LogP contribution in [0.5, 0.6) is 0 Å². The molecule has 1 atom stereocenters. The molecule has 206 valence electrons. The molecule has 2 rings (SSSR count). The Morgan fingerprint density at radius 1 is 0.658 bits per heavy atom. The van der Waals surface area contributed by atoms with Gasteiger partial charge in [-0.2, -0.15) is 0 Å². The summed E-state index contributed by atoms with van der Waals surface area (Å²) in [6.45, 7) is 10.1. The van der Waals surface area contributed by atoms with Gasteiger partial charge in [0.05, 0.1) is 20.8 Å². The number of hydrogen-bond acceptors (Lipinski definition) is 4. The number of rotatable bonds is 14. The van der Waals surface area contributed by atoms with Crippen LogP contribution in [0.15, 0.2) is 117 Å². The summed E-state index contributed by atoms with van der Waals surface area (Å²) in [5.41, 5.74) is 4.40. The zero-order chi connectivity index (χ0) is 28.2. The first-order chi connectivity index (χ1) is 17.9. The van der Waals surface area contributed by atoms with Crippen LogP contribution in [0.4, 0.5) is 0 Å². The molecular formula is C32H42O4S2. The Morgan fingerprint density at radius 2 is 1.18 bits per heavy atom. The molecule has 0 aliphatic carbocycles. The van der Waals surface area contributed by atoms with Crippen molar-refractivity contribution < 1.29 is 16.8 Å². The van der Waals surface area contributed by atoms with Crippen molar-refractivity contribution in [3.8, 4) is 0 Å². The lowest BCUT2D eigenvalue weighted by Gasteiger charge is -2.16. The van der Waals surface area contributed by atoms with Gasteiger partial charge >= 0.3 is 0 Å². The number of allylic oxidation sites excluding steroid dienone is 6. The molecule has 0 amide bonds. The van der Waals surface area contributed by atoms with Gasteiger partial charge in [-0.15, -0.1) is 0 Å². The van der Waals surface area contributed by atoms with E-state index in [2.05, 4.69) is 32.9 Å². The highest BCUT2D eigenvalue weighted by Crippen LogP contribution is 2.25. The number of sulfone groups is 2. The van der Waals surface area contributed by atoms with Gasteiger partial charge < -0.3 is 0 Å². The molecule has 0 radical (unpaired) electrons. The van der Waals surface area contributed by atoms with E-state index in [1.165, 1.54) is 11.1 Å². The maximum absolute atomic E-state index is 13.6. The first kappa shape index (κ1) is 31.5. The lowest BCUT2D eigenvalue weighted by molar-refractivity contribution is 0.587. The standard InChI is InChI=1S/C32H42O4S2/c1-26(2)14-12-15-27(3)16-13-17-28(4)24-32(38(35,36)31-20-10-7-11-21-31)25-29(5)22-23-37(33,34)30-18-8-6-9-19-30/h6-11,14,16,18-22,24,32H,12-13,15,17,23,25H2,1-5H3/b27-16+,28-24-,29-22+. The maximum atomic E-state index is 13.6. The fraction of sp³-hybridized carbons (Fsp3) is 0.375. The third kappa shape index (κ3) is 10.6. The molecule has 2 aromatic rings. The van der Waals surface area contributed by atoms with Crippen LogP contribution in [0.3, 0.4) is 0 Å². The Bertz CT molecular complexity index is 1360. The predicted octanol–water partition coefficient (Wildman–Crippen LogP) is 8.06. The molecule has 4 nitrogen and oxygen atoms in total. The van der Waals surface area contributed by atoms with E-state index in [4.69, 9.17) is 0 Å². The summed E-state index contributed by atoms with van der Waals surface area (Å²) in [7, 11) is -7.13. The van der Waals surface area contributed by atoms with E-state index in [0.29, 0.717) is 0 Å². The van der Waals surface area contributed by atoms with Gasteiger partial charge in [0.15, 0.2) is 19.7 Å². The van der Waals surface area contributed by atoms with E-state index in [1.54, 1.807) is 73.7 Å². The highest BCUT2D eigenvalue weighted by Gasteiger charge is 2.26. The van der Waals surface area contributed by atoms with Crippen molar-refractivity contribution in [2.75, 3.05) is 5.75 Å². The molecule has 0 bridgehead atoms. The van der Waals surface area contributed by atoms with E-state index in [1.807, 2.05) is 13.0 Å². The summed E-state index contributed by atoms with van der Waals surface area (Å²) in [5, 5.41) is -0.775. The van der Waals surface area contributed by atoms with Crippen LogP contribution >= 0.6 is 0 Å². The third-order valence-electron chi connectivity index (χ3n) is 6.34. The van der Waals surface area contributed by atoms with Crippen molar-refractivity contribution >= 4 is 19.7 Å². The number of benzene rings is 2. The maximum Gasteiger partial charge on any atom is 0.185 e. The van der Waals surface area contributed by atoms with Crippen molar-refractivity contribution in [2.45, 2.75) is 81.8 Å². The molecule has 2 aromatic carbocycles. The SMILES string of the molecule is CC(C)=CCC/C(C)=C/CC/C(C)=C\C(C/C(C)=C/CS(=O)(=O)c1ccccc1)S(=O)(=O)c1ccccc1. The summed E-state index contributed by atoms with van der Waals surface area (Å²) in [6.07, 6.45) is 11.9. The predicted molar refractivity (Wildman–Crippen MR) is 160 cm³/mol. The van der Waals surface area contributed by atoms with Crippen molar-refractivity contribution in [2.24, 2.45) is 0 Å². The molecule has 1 unspecified atom stereocenters. The zero-order valence-electron chi connectivity index (χ0n) is 23.4. The average Bonchev–Trinajstić information content (AvgIpc) is 2.88. The summed E-state index contributed by atoms with van der Waals surface area (Å²) in [4.78, 5) is 0.534. The van der Waals surface area contributed by atoms with Gasteiger partial charge in [0.25, 0.3) is 0 Å². The first-order valence-corrected chi connectivity index (χ1v) is 16.3. The Balaban J connectivity index is 2.21. The van der Waals surface area contributed by atoms with Crippen molar-refractivity contribution in [1.29, 1.82) is 0 Å². The topological polar surface area (TPSA) is 68.3 Å². The Hall–Kier alpha value is -2.70. The Labute approximate surface area is 230 Å². The molecule has 0 fully saturated rings. The summed E-state index contributed by atoms with van der Waals surface area (Å²) < 4.78 is 52.6. The van der Waals surface area contributed by atoms with Gasteiger partial charge in [0.1, 0.15) is 0 Å². The highest BCUT2D eigenvalue weighted by molar-refractivity contribution is 7.92. The molecule has 0 spiro atoms. The quantitative estimate of drug-likeness (QED) is 0.222. The minimum Gasteiger partial charge on any atom is -0.223 e. The van der Waals surface area contributed by atoms with Gasteiger partial charge in [-0.25, -0.2) is 16.8 Å². The molecule has 38 heavy (non-hydrogen) atoms. The van der Waals surface area contributed by atoms with Gasteiger partial charge in [-0.3, -0.25) is 0 Å². The van der Waals surface area contributed by atoms with E-state index < -0.39 is 24.9 Å². The van der Waals surface area contributed by atoms with E-state index >= 15 is 0 Å². The lowest BCUT2D eigenvalue weighted by Crippen LogP contribution is -2.20. The molecule has 6 heteroatoms. The lowest BCUT2D eigenvalue weighted by atomic mass is 10.0. The van der Waals surface area contributed by atoms with Gasteiger partial charge in [0.2, 0.25) is 0 Å². The zero-order valence-corrected chi connectivity index (χ0v) is 25.0. The molecule has 0 aliphatic heterocycles. The van der Waals surface area contributed by atoms with Crippen LogP contribution in [0.1, 0.15) is 66.7 Å². The Morgan fingerprint density at radius 3 is 1.76 bits per heavy atom. The third-order valence-corrected chi connectivity index (χ3v) is 9.97. The van der Waals surface area contributed by atoms with Crippen molar-refractivity contribution in [3.05, 3.63) is 107 Å². The van der Waals surface area contributed by atoms with E-state index in [9.17, 15) is 16.8 Å². The van der Waals surface area contributed by atoms with Crippen LogP contribution in [0.2, 0.25) is 0 Å². The molecule has 0 aromatic heterocycles. The second kappa shape index (κ2) is 15.0. The minimum absolute atomic E-state index is 0.166. The van der Waals surface area contributed by atoms with Crippen LogP contribution in [0, 0.1) is 0 Å². The van der Waals surface area contributed by atoms with Gasteiger partial charge in [-0.1, -0.05) is 83.0 Å². The van der Waals surface area contributed by atoms with Gasteiger partial charge in [-0.05, 0) is 91.0 Å². The largest absolute Gasteiger partial charge is 0.223 e. The van der Waals surface area contributed by atoms with Crippen LogP contribution in [-0.4, -0.2) is 27.8 Å². The highest BCUT2D eigenvalue weighted by atomic mass is 32.2. The van der Waals surface area contributed by atoms with Crippen LogP contribution < -0.4 is 0 Å². The van der Waals surface area contributed by atoms with Crippen LogP contribution in [-0.2, 0) is 19.7 Å². The molecule has 0 heterocycles. The van der Waals surface area contributed by atoms with E-state index in [0.717, 1.165) is 36.8 Å². The summed E-state index contributed by atoms with van der Waals surface area (Å²) >= 11 is 0. The average molecular weight is 555 g/mol. The first-order valence-electron chi connectivity index (χ1n) is 13.1. The van der Waals surface area contributed by atoms with Crippen LogP contribution in [0.25, 0.3) is 0 Å².